The maximum atomic E-state index is 12.0. The lowest BCUT2D eigenvalue weighted by atomic mass is 10.0. The fraction of sp³-hybridized carbons (Fsp3) is 0.467. The van der Waals surface area contributed by atoms with Gasteiger partial charge in [0, 0.05) is 63.3 Å². The molecule has 0 radical (unpaired) electrons. The molecule has 5 rings (SSSR count). The van der Waals surface area contributed by atoms with E-state index in [2.05, 4.69) is 82.1 Å². The number of piperazine rings is 1. The number of ether oxygens (including phenoxy) is 2. The number of likely N-dealkylation sites (N-methyl/N-ethyl adjacent to an activating group) is 1. The summed E-state index contributed by atoms with van der Waals surface area (Å²) in [5.74, 6) is 1.84. The molecule has 3 aromatic rings. The van der Waals surface area contributed by atoms with Crippen LogP contribution in [-0.2, 0) is 10.0 Å². The molecule has 0 saturated carbocycles. The number of sulfonamides is 1. The number of para-hydroxylation sites is 1. The molecular formula is C30H41BrN8O4S. The average molecular weight is 690 g/mol. The van der Waals surface area contributed by atoms with Gasteiger partial charge in [0.15, 0.2) is 0 Å². The molecule has 2 aliphatic rings. The van der Waals surface area contributed by atoms with Crippen LogP contribution in [0.3, 0.4) is 0 Å². The van der Waals surface area contributed by atoms with Crippen LogP contribution in [0.4, 0.5) is 34.5 Å². The number of nitrogens with one attached hydrogen (secondary N) is 3. The minimum absolute atomic E-state index is 0.276. The molecule has 44 heavy (non-hydrogen) atoms. The van der Waals surface area contributed by atoms with Crippen LogP contribution in [-0.4, -0.2) is 101 Å². The third-order valence-electron chi connectivity index (χ3n) is 8.15. The third-order valence-corrected chi connectivity index (χ3v) is 9.31. The van der Waals surface area contributed by atoms with E-state index >= 15 is 0 Å². The van der Waals surface area contributed by atoms with Crippen molar-refractivity contribution < 1.29 is 17.9 Å². The molecule has 0 atom stereocenters. The smallest absolute Gasteiger partial charge is 0.230 e. The zero-order chi connectivity index (χ0) is 31.4. The quantitative estimate of drug-likeness (QED) is 0.276. The van der Waals surface area contributed by atoms with E-state index in [4.69, 9.17) is 9.47 Å². The van der Waals surface area contributed by atoms with E-state index in [0.29, 0.717) is 39.5 Å². The maximum Gasteiger partial charge on any atom is 0.230 e. The highest BCUT2D eigenvalue weighted by Gasteiger charge is 2.28. The number of benzene rings is 2. The molecule has 2 saturated heterocycles. The zero-order valence-electron chi connectivity index (χ0n) is 25.9. The Hall–Kier alpha value is -3.33. The fourth-order valence-corrected chi connectivity index (χ4v) is 6.67. The molecule has 0 aliphatic carbocycles. The predicted octanol–water partition coefficient (Wildman–Crippen LogP) is 4.64. The van der Waals surface area contributed by atoms with Gasteiger partial charge in [-0.1, -0.05) is 6.07 Å². The van der Waals surface area contributed by atoms with Gasteiger partial charge in [-0.15, -0.1) is 0 Å². The van der Waals surface area contributed by atoms with Crippen molar-refractivity contribution in [2.75, 3.05) is 87.0 Å². The van der Waals surface area contributed by atoms with Gasteiger partial charge in [-0.05, 0) is 66.5 Å². The molecule has 2 fully saturated rings. The molecule has 3 heterocycles. The number of piperidine rings is 1. The fourth-order valence-electron chi connectivity index (χ4n) is 5.80. The lowest BCUT2D eigenvalue weighted by molar-refractivity contribution is 0.0982. The molecule has 1 aromatic heterocycles. The number of anilines is 6. The van der Waals surface area contributed by atoms with Gasteiger partial charge in [-0.2, -0.15) is 4.98 Å². The number of hydrogen-bond acceptors (Lipinski definition) is 11. The first-order chi connectivity index (χ1) is 21.0. The number of aromatic nitrogens is 2. The van der Waals surface area contributed by atoms with Crippen molar-refractivity contribution in [2.24, 2.45) is 0 Å². The van der Waals surface area contributed by atoms with Crippen molar-refractivity contribution in [1.82, 2.24) is 19.8 Å². The van der Waals surface area contributed by atoms with Crippen molar-refractivity contribution in [2.45, 2.75) is 25.8 Å². The highest BCUT2D eigenvalue weighted by Crippen LogP contribution is 2.38. The van der Waals surface area contributed by atoms with E-state index in [1.165, 1.54) is 12.8 Å². The normalized spacial score (nSPS) is 16.9. The minimum Gasteiger partial charge on any atom is -0.494 e. The Morgan fingerprint density at radius 3 is 2.32 bits per heavy atom. The Labute approximate surface area is 268 Å². The lowest BCUT2D eigenvalue weighted by Crippen LogP contribution is -2.52. The average Bonchev–Trinajstić information content (AvgIpc) is 2.99. The highest BCUT2D eigenvalue weighted by atomic mass is 79.9. The van der Waals surface area contributed by atoms with Gasteiger partial charge in [0.1, 0.15) is 23.0 Å². The summed E-state index contributed by atoms with van der Waals surface area (Å²) in [5.41, 5.74) is 3.80. The number of rotatable bonds is 10. The van der Waals surface area contributed by atoms with E-state index in [1.54, 1.807) is 31.5 Å². The van der Waals surface area contributed by atoms with Gasteiger partial charge in [0.2, 0.25) is 16.0 Å². The van der Waals surface area contributed by atoms with E-state index < -0.39 is 10.0 Å². The molecule has 3 N–H and O–H groups in total. The summed E-state index contributed by atoms with van der Waals surface area (Å²) in [7, 11) is 1.78. The van der Waals surface area contributed by atoms with Gasteiger partial charge in [-0.3, -0.25) is 9.62 Å². The van der Waals surface area contributed by atoms with Crippen LogP contribution >= 0.6 is 15.9 Å². The summed E-state index contributed by atoms with van der Waals surface area (Å²) in [5, 5.41) is 6.50. The molecule has 2 aliphatic heterocycles. The second kappa shape index (κ2) is 13.8. The standard InChI is InChI=1S/C30H41BrN8O4S/c1-20-17-24(27(43-4)18-25(20)39-11-9-21(10-12-39)38-15-13-37(2)14-16-38)34-30-32-19-22(31)29(35-30)33-23-7-6-8-26(42-3)28(23)36-44(5,40)41/h6-8,17-19,21,36H,9-16H2,1-5H3,(H2,32,33,34,35). The van der Waals surface area contributed by atoms with Crippen LogP contribution < -0.4 is 29.7 Å². The predicted molar refractivity (Wildman–Crippen MR) is 180 cm³/mol. The number of nitrogens with zero attached hydrogens (tertiary/aromatic N) is 5. The van der Waals surface area contributed by atoms with Gasteiger partial charge >= 0.3 is 0 Å². The van der Waals surface area contributed by atoms with Crippen molar-refractivity contribution in [1.29, 1.82) is 0 Å². The van der Waals surface area contributed by atoms with Crippen LogP contribution in [0.2, 0.25) is 0 Å². The molecule has 14 heteroatoms. The van der Waals surface area contributed by atoms with Gasteiger partial charge in [0.05, 0.1) is 36.3 Å². The molecular weight excluding hydrogens is 648 g/mol. The number of methoxy groups -OCH3 is 2. The van der Waals surface area contributed by atoms with Crippen LogP contribution in [0.25, 0.3) is 0 Å². The Morgan fingerprint density at radius 1 is 0.955 bits per heavy atom. The Bertz CT molecular complexity index is 1580. The van der Waals surface area contributed by atoms with Crippen molar-refractivity contribution >= 4 is 60.5 Å². The molecule has 0 amide bonds. The summed E-state index contributed by atoms with van der Waals surface area (Å²) in [4.78, 5) is 16.6. The first kappa shape index (κ1) is 32.1. The van der Waals surface area contributed by atoms with E-state index in [-0.39, 0.29) is 5.69 Å². The monoisotopic (exact) mass is 688 g/mol. The summed E-state index contributed by atoms with van der Waals surface area (Å²) in [6.07, 6.45) is 5.02. The summed E-state index contributed by atoms with van der Waals surface area (Å²) in [6, 6.07) is 9.97. The Balaban J connectivity index is 1.32. The molecule has 0 bridgehead atoms. The number of hydrogen-bond donors (Lipinski definition) is 3. The maximum absolute atomic E-state index is 12.0. The Morgan fingerprint density at radius 2 is 1.66 bits per heavy atom. The summed E-state index contributed by atoms with van der Waals surface area (Å²) >= 11 is 3.50. The van der Waals surface area contributed by atoms with Crippen LogP contribution in [0.15, 0.2) is 41.0 Å². The van der Waals surface area contributed by atoms with E-state index in [1.807, 2.05) is 0 Å². The van der Waals surface area contributed by atoms with E-state index in [0.717, 1.165) is 69.6 Å². The van der Waals surface area contributed by atoms with Crippen LogP contribution in [0.1, 0.15) is 18.4 Å². The molecule has 2 aromatic carbocycles. The van der Waals surface area contributed by atoms with Gasteiger partial charge in [0.25, 0.3) is 0 Å². The number of aryl methyl sites for hydroxylation is 1. The topological polar surface area (TPSA) is 124 Å². The van der Waals surface area contributed by atoms with E-state index in [9.17, 15) is 8.42 Å². The lowest BCUT2D eigenvalue weighted by Gasteiger charge is -2.43. The summed E-state index contributed by atoms with van der Waals surface area (Å²) in [6.45, 7) is 8.74. The zero-order valence-corrected chi connectivity index (χ0v) is 28.3. The first-order valence-corrected chi connectivity index (χ1v) is 17.3. The van der Waals surface area contributed by atoms with Gasteiger partial charge in [-0.25, -0.2) is 13.4 Å². The molecule has 12 nitrogen and oxygen atoms in total. The molecule has 0 spiro atoms. The summed E-state index contributed by atoms with van der Waals surface area (Å²) < 4.78 is 38.4. The molecule has 238 valence electrons. The second-order valence-electron chi connectivity index (χ2n) is 11.3. The van der Waals surface area contributed by atoms with Gasteiger partial charge < -0.3 is 29.9 Å². The largest absolute Gasteiger partial charge is 0.494 e. The Kier molecular flexibility index (Phi) is 10.0. The third kappa shape index (κ3) is 7.65. The highest BCUT2D eigenvalue weighted by molar-refractivity contribution is 9.10. The van der Waals surface area contributed by atoms with Crippen LogP contribution in [0, 0.1) is 6.92 Å². The van der Waals surface area contributed by atoms with Crippen molar-refractivity contribution in [3.8, 4) is 11.5 Å². The van der Waals surface area contributed by atoms with Crippen molar-refractivity contribution in [3.63, 3.8) is 0 Å². The SMILES string of the molecule is COc1cc(N2CCC(N3CCN(C)CC3)CC2)c(C)cc1Nc1ncc(Br)c(Nc2cccc(OC)c2NS(C)(=O)=O)n1. The first-order valence-electron chi connectivity index (χ1n) is 14.6. The van der Waals surface area contributed by atoms with Crippen LogP contribution in [0.5, 0.6) is 11.5 Å². The minimum atomic E-state index is -3.56. The molecule has 0 unspecified atom stereocenters. The number of halogens is 1. The van der Waals surface area contributed by atoms with Crippen molar-refractivity contribution in [3.05, 3.63) is 46.6 Å². The second-order valence-corrected chi connectivity index (χ2v) is 13.9.